The fraction of sp³-hybridized carbons (Fsp3) is 0.222. The molecule has 3 aromatic rings. The zero-order valence-corrected chi connectivity index (χ0v) is 14.3. The number of hydrogen-bond acceptors (Lipinski definition) is 5. The molecular formula is C18H14F2N4O4. The van der Waals surface area contributed by atoms with Crippen LogP contribution in [-0.2, 0) is 0 Å². The van der Waals surface area contributed by atoms with Gasteiger partial charge in [0, 0.05) is 36.6 Å². The summed E-state index contributed by atoms with van der Waals surface area (Å²) in [5, 5.41) is 5.23. The maximum Gasteiger partial charge on any atom is 0.279 e. The molecule has 0 bridgehead atoms. The van der Waals surface area contributed by atoms with Crippen LogP contribution in [0.3, 0.4) is 0 Å². The number of H-pyrrole nitrogens is 1. The van der Waals surface area contributed by atoms with E-state index in [2.05, 4.69) is 20.6 Å². The Morgan fingerprint density at radius 2 is 1.86 bits per heavy atom. The van der Waals surface area contributed by atoms with Gasteiger partial charge < -0.3 is 20.0 Å². The van der Waals surface area contributed by atoms with E-state index in [0.717, 1.165) is 12.3 Å². The number of fused-ring (bicyclic) bond motifs is 1. The largest absolute Gasteiger partial charge is 0.463 e. The van der Waals surface area contributed by atoms with Crippen molar-refractivity contribution in [1.82, 2.24) is 20.6 Å². The van der Waals surface area contributed by atoms with Gasteiger partial charge in [-0.1, -0.05) is 0 Å². The predicted octanol–water partition coefficient (Wildman–Crippen LogP) is 1.49. The highest BCUT2D eigenvalue weighted by Gasteiger charge is 2.35. The van der Waals surface area contributed by atoms with Gasteiger partial charge in [0.2, 0.25) is 0 Å². The van der Waals surface area contributed by atoms with Gasteiger partial charge in [-0.25, -0.2) is 13.8 Å². The van der Waals surface area contributed by atoms with Crippen LogP contribution in [0, 0.1) is 11.6 Å². The smallest absolute Gasteiger partial charge is 0.279 e. The minimum Gasteiger partial charge on any atom is -0.463 e. The molecule has 0 spiro atoms. The molecule has 3 N–H and O–H groups in total. The number of nitrogens with one attached hydrogen (secondary N) is 3. The SMILES string of the molecule is O=C(NC1CCC1NC(=O)c1coc2cc(F)cc(F)c12)c1ncc[nH]c1=O. The summed E-state index contributed by atoms with van der Waals surface area (Å²) in [7, 11) is 0. The standard InChI is InChI=1S/C18H14F2N4O4/c19-8-5-10(20)14-9(7-28-13(14)6-8)16(25)23-11-1-2-12(11)24-18(27)15-17(26)22-4-3-21-15/h3-7,11-12H,1-2H2,(H,22,26)(H,23,25)(H,24,27). The van der Waals surface area contributed by atoms with Crippen LogP contribution in [0.2, 0.25) is 0 Å². The molecule has 28 heavy (non-hydrogen) atoms. The van der Waals surface area contributed by atoms with Crippen LogP contribution in [0.4, 0.5) is 8.78 Å². The van der Waals surface area contributed by atoms with Crippen LogP contribution < -0.4 is 16.2 Å². The molecule has 1 aliphatic rings. The lowest BCUT2D eigenvalue weighted by atomic mass is 9.86. The summed E-state index contributed by atoms with van der Waals surface area (Å²) < 4.78 is 32.4. The second-order valence-electron chi connectivity index (χ2n) is 6.41. The van der Waals surface area contributed by atoms with Gasteiger partial charge in [-0.15, -0.1) is 0 Å². The number of rotatable bonds is 4. The van der Waals surface area contributed by atoms with Crippen LogP contribution >= 0.6 is 0 Å². The monoisotopic (exact) mass is 388 g/mol. The Balaban J connectivity index is 1.46. The number of nitrogens with zero attached hydrogens (tertiary/aromatic N) is 1. The zero-order chi connectivity index (χ0) is 19.8. The predicted molar refractivity (Wildman–Crippen MR) is 92.7 cm³/mol. The van der Waals surface area contributed by atoms with Crippen molar-refractivity contribution < 1.29 is 22.8 Å². The third-order valence-corrected chi connectivity index (χ3v) is 4.67. The Bertz CT molecular complexity index is 1140. The van der Waals surface area contributed by atoms with Gasteiger partial charge in [0.25, 0.3) is 17.4 Å². The normalized spacial score (nSPS) is 18.5. The minimum absolute atomic E-state index is 0.0642. The highest BCUT2D eigenvalue weighted by atomic mass is 19.1. The highest BCUT2D eigenvalue weighted by molar-refractivity contribution is 6.06. The van der Waals surface area contributed by atoms with Crippen molar-refractivity contribution in [2.24, 2.45) is 0 Å². The Morgan fingerprint density at radius 1 is 1.14 bits per heavy atom. The van der Waals surface area contributed by atoms with Crippen molar-refractivity contribution in [2.75, 3.05) is 0 Å². The van der Waals surface area contributed by atoms with Gasteiger partial charge in [0.1, 0.15) is 23.5 Å². The van der Waals surface area contributed by atoms with E-state index < -0.39 is 41.1 Å². The van der Waals surface area contributed by atoms with Crippen LogP contribution in [0.1, 0.15) is 33.7 Å². The summed E-state index contributed by atoms with van der Waals surface area (Å²) in [5.41, 5.74) is -1.03. The Hall–Kier alpha value is -3.56. The molecule has 2 unspecified atom stereocenters. The molecule has 0 radical (unpaired) electrons. The van der Waals surface area contributed by atoms with E-state index in [1.54, 1.807) is 0 Å². The molecule has 0 saturated heterocycles. The topological polar surface area (TPSA) is 117 Å². The second-order valence-corrected chi connectivity index (χ2v) is 6.41. The fourth-order valence-electron chi connectivity index (χ4n) is 3.09. The zero-order valence-electron chi connectivity index (χ0n) is 14.3. The first-order valence-electron chi connectivity index (χ1n) is 8.45. The second kappa shape index (κ2) is 6.87. The van der Waals surface area contributed by atoms with E-state index in [4.69, 9.17) is 4.42 Å². The summed E-state index contributed by atoms with van der Waals surface area (Å²) in [5.74, 6) is -2.97. The molecule has 1 fully saturated rings. The van der Waals surface area contributed by atoms with E-state index in [1.807, 2.05) is 0 Å². The maximum absolute atomic E-state index is 14.0. The number of hydrogen-bond donors (Lipinski definition) is 3. The molecule has 2 amide bonds. The van der Waals surface area contributed by atoms with Gasteiger partial charge in [0.05, 0.1) is 10.9 Å². The number of carbonyl (C=O) groups is 2. The average molecular weight is 388 g/mol. The molecule has 2 heterocycles. The molecule has 1 saturated carbocycles. The Labute approximate surface area is 156 Å². The summed E-state index contributed by atoms with van der Waals surface area (Å²) in [6, 6.07) is 0.850. The van der Waals surface area contributed by atoms with Crippen LogP contribution in [-0.4, -0.2) is 33.9 Å². The number of halogens is 2. The fourth-order valence-corrected chi connectivity index (χ4v) is 3.09. The number of amides is 2. The van der Waals surface area contributed by atoms with Crippen molar-refractivity contribution in [3.8, 4) is 0 Å². The number of carbonyl (C=O) groups excluding carboxylic acids is 2. The number of furan rings is 1. The lowest BCUT2D eigenvalue weighted by Gasteiger charge is -2.37. The van der Waals surface area contributed by atoms with Gasteiger partial charge >= 0.3 is 0 Å². The summed E-state index contributed by atoms with van der Waals surface area (Å²) >= 11 is 0. The van der Waals surface area contributed by atoms with E-state index in [9.17, 15) is 23.2 Å². The van der Waals surface area contributed by atoms with E-state index in [1.165, 1.54) is 12.4 Å². The molecular weight excluding hydrogens is 374 g/mol. The molecule has 4 rings (SSSR count). The molecule has 1 aromatic carbocycles. The Kier molecular flexibility index (Phi) is 4.38. The molecule has 0 aliphatic heterocycles. The molecule has 1 aliphatic carbocycles. The van der Waals surface area contributed by atoms with Gasteiger partial charge in [0.15, 0.2) is 5.69 Å². The molecule has 8 nitrogen and oxygen atoms in total. The summed E-state index contributed by atoms with van der Waals surface area (Å²) in [4.78, 5) is 42.4. The first kappa shape index (κ1) is 17.8. The lowest BCUT2D eigenvalue weighted by Crippen LogP contribution is -2.58. The minimum atomic E-state index is -0.901. The van der Waals surface area contributed by atoms with Crippen molar-refractivity contribution in [1.29, 1.82) is 0 Å². The first-order valence-corrected chi connectivity index (χ1v) is 8.45. The Morgan fingerprint density at radius 3 is 2.54 bits per heavy atom. The summed E-state index contributed by atoms with van der Waals surface area (Å²) in [6.07, 6.45) is 4.83. The lowest BCUT2D eigenvalue weighted by molar-refractivity contribution is 0.0825. The molecule has 2 aromatic heterocycles. The van der Waals surface area contributed by atoms with Crippen molar-refractivity contribution in [3.63, 3.8) is 0 Å². The molecule has 144 valence electrons. The van der Waals surface area contributed by atoms with E-state index >= 15 is 0 Å². The average Bonchev–Trinajstić information content (AvgIpc) is 3.07. The van der Waals surface area contributed by atoms with Crippen LogP contribution in [0.25, 0.3) is 11.0 Å². The number of aromatic nitrogens is 2. The van der Waals surface area contributed by atoms with Gasteiger partial charge in [-0.05, 0) is 12.8 Å². The van der Waals surface area contributed by atoms with Crippen molar-refractivity contribution in [3.05, 3.63) is 64.0 Å². The molecule has 10 heteroatoms. The third-order valence-electron chi connectivity index (χ3n) is 4.67. The maximum atomic E-state index is 14.0. The van der Waals surface area contributed by atoms with Gasteiger partial charge in [-0.2, -0.15) is 0 Å². The van der Waals surface area contributed by atoms with E-state index in [-0.39, 0.29) is 22.2 Å². The quantitative estimate of drug-likeness (QED) is 0.626. The van der Waals surface area contributed by atoms with Crippen LogP contribution in [0.5, 0.6) is 0 Å². The molecule has 2 atom stereocenters. The summed E-state index contributed by atoms with van der Waals surface area (Å²) in [6.45, 7) is 0. The highest BCUT2D eigenvalue weighted by Crippen LogP contribution is 2.27. The third kappa shape index (κ3) is 3.13. The number of benzene rings is 1. The first-order chi connectivity index (χ1) is 13.4. The van der Waals surface area contributed by atoms with E-state index in [0.29, 0.717) is 18.9 Å². The van der Waals surface area contributed by atoms with Crippen LogP contribution in [0.15, 0.2) is 40.0 Å². The van der Waals surface area contributed by atoms with Gasteiger partial charge in [-0.3, -0.25) is 14.4 Å². The number of aromatic amines is 1. The van der Waals surface area contributed by atoms with Crippen molar-refractivity contribution in [2.45, 2.75) is 24.9 Å². The van der Waals surface area contributed by atoms with Crippen molar-refractivity contribution >= 4 is 22.8 Å².